The van der Waals surface area contributed by atoms with Gasteiger partial charge in [-0.15, -0.1) is 0 Å². The second kappa shape index (κ2) is 12.2. The van der Waals surface area contributed by atoms with E-state index in [0.717, 1.165) is 0 Å². The van der Waals surface area contributed by atoms with Gasteiger partial charge in [0.2, 0.25) is 0 Å². The summed E-state index contributed by atoms with van der Waals surface area (Å²) in [6.45, 7) is 0.496. The molecule has 0 saturated carbocycles. The molecule has 1 rings (SSSR count). The molecule has 0 spiro atoms. The number of ether oxygens (including phenoxy) is 2. The summed E-state index contributed by atoms with van der Waals surface area (Å²) in [5, 5.41) is -4.75. The average molecular weight is 661 g/mol. The predicted molar refractivity (Wildman–Crippen MR) is 111 cm³/mol. The van der Waals surface area contributed by atoms with E-state index in [1.165, 1.54) is 5.32 Å². The third kappa shape index (κ3) is 8.46. The predicted octanol–water partition coefficient (Wildman–Crippen LogP) is 5.87. The Labute approximate surface area is 226 Å². The highest BCUT2D eigenvalue weighted by atomic mass is 32.2. The topological polar surface area (TPSA) is 119 Å². The molecule has 1 atom stereocenters. The minimum absolute atomic E-state index is 0.256. The Morgan fingerprint density at radius 3 is 1.76 bits per heavy atom. The number of benzene rings is 1. The molecule has 0 heterocycles. The summed E-state index contributed by atoms with van der Waals surface area (Å²) in [4.78, 5) is 24.4. The average Bonchev–Trinajstić information content (AvgIpc) is 2.79. The van der Waals surface area contributed by atoms with Crippen molar-refractivity contribution in [3.05, 3.63) is 42.0 Å². The standard InChI is InChI=1S/C20H16F13NO7S/c1-10(17(23,24)25)13(35)41-16(19(29,30)31,14(36)34-12-6-4-11(5-7-12)18(26,27)28)40-9-3-2-8-15(21,22)20(32,33)42(37,38)39/h4-7H,1-3,8-9H2,(H,34,36)(H,37,38,39). The lowest BCUT2D eigenvalue weighted by atomic mass is 10.1. The first-order valence-corrected chi connectivity index (χ1v) is 12.0. The molecule has 0 fully saturated rings. The number of amides is 1. The number of anilines is 1. The van der Waals surface area contributed by atoms with Gasteiger partial charge in [0.25, 0.3) is 0 Å². The lowest BCUT2D eigenvalue weighted by Gasteiger charge is -2.33. The van der Waals surface area contributed by atoms with Gasteiger partial charge in [-0.05, 0) is 37.1 Å². The van der Waals surface area contributed by atoms with Crippen LogP contribution in [0.5, 0.6) is 0 Å². The van der Waals surface area contributed by atoms with E-state index in [-0.39, 0.29) is 12.1 Å². The maximum Gasteiger partial charge on any atom is 0.466 e. The molecule has 0 aliphatic carbocycles. The molecule has 1 unspecified atom stereocenters. The van der Waals surface area contributed by atoms with Gasteiger partial charge in [0.1, 0.15) is 5.57 Å². The summed E-state index contributed by atoms with van der Waals surface area (Å²) in [7, 11) is -6.67. The van der Waals surface area contributed by atoms with E-state index in [4.69, 9.17) is 4.55 Å². The number of nitrogens with one attached hydrogen (secondary N) is 1. The Balaban J connectivity index is 3.32. The summed E-state index contributed by atoms with van der Waals surface area (Å²) in [5.41, 5.74) is -4.83. The molecule has 0 radical (unpaired) electrons. The van der Waals surface area contributed by atoms with Crippen molar-refractivity contribution in [3.63, 3.8) is 0 Å². The summed E-state index contributed by atoms with van der Waals surface area (Å²) in [6.07, 6.45) is -21.6. The fourth-order valence-corrected chi connectivity index (χ4v) is 3.15. The normalized spacial score (nSPS) is 15.1. The molecule has 1 aromatic rings. The molecule has 42 heavy (non-hydrogen) atoms. The molecule has 0 aliphatic rings. The number of alkyl halides is 13. The lowest BCUT2D eigenvalue weighted by molar-refractivity contribution is -0.346. The third-order valence-electron chi connectivity index (χ3n) is 4.91. The Morgan fingerprint density at radius 1 is 0.857 bits per heavy atom. The van der Waals surface area contributed by atoms with Gasteiger partial charge in [-0.1, -0.05) is 6.58 Å². The molecule has 0 saturated heterocycles. The second-order valence-electron chi connectivity index (χ2n) is 8.01. The van der Waals surface area contributed by atoms with E-state index in [1.807, 2.05) is 0 Å². The van der Waals surface area contributed by atoms with Gasteiger partial charge in [-0.3, -0.25) is 9.35 Å². The van der Waals surface area contributed by atoms with Crippen LogP contribution >= 0.6 is 0 Å². The van der Waals surface area contributed by atoms with Crippen LogP contribution in [0, 0.1) is 0 Å². The van der Waals surface area contributed by atoms with E-state index in [0.29, 0.717) is 12.1 Å². The smallest absolute Gasteiger partial charge is 0.412 e. The summed E-state index contributed by atoms with van der Waals surface area (Å²) in [5.74, 6) is -16.2. The summed E-state index contributed by atoms with van der Waals surface area (Å²) in [6, 6.07) is 1.28. The Morgan fingerprint density at radius 2 is 1.36 bits per heavy atom. The van der Waals surface area contributed by atoms with E-state index in [1.54, 1.807) is 0 Å². The first-order chi connectivity index (χ1) is 18.6. The monoisotopic (exact) mass is 661 g/mol. The number of halogens is 13. The largest absolute Gasteiger partial charge is 0.466 e. The molecule has 2 N–H and O–H groups in total. The first kappa shape index (κ1) is 36.9. The van der Waals surface area contributed by atoms with Crippen molar-refractivity contribution in [1.82, 2.24) is 0 Å². The van der Waals surface area contributed by atoms with Crippen molar-refractivity contribution < 1.29 is 89.1 Å². The molecule has 8 nitrogen and oxygen atoms in total. The van der Waals surface area contributed by atoms with Gasteiger partial charge in [-0.25, -0.2) is 4.79 Å². The number of carbonyl (C=O) groups excluding carboxylic acids is 2. The Bertz CT molecular complexity index is 1260. The van der Waals surface area contributed by atoms with Gasteiger partial charge in [-0.2, -0.15) is 65.5 Å². The quantitative estimate of drug-likeness (QED) is 0.0719. The summed E-state index contributed by atoms with van der Waals surface area (Å²) < 4.78 is 209. The van der Waals surface area contributed by atoms with Crippen LogP contribution in [0.3, 0.4) is 0 Å². The number of unbranched alkanes of at least 4 members (excludes halogenated alkanes) is 1. The Hall–Kier alpha value is -3.14. The van der Waals surface area contributed by atoms with Crippen molar-refractivity contribution in [1.29, 1.82) is 0 Å². The van der Waals surface area contributed by atoms with Crippen LogP contribution in [0.4, 0.5) is 62.8 Å². The van der Waals surface area contributed by atoms with E-state index in [2.05, 4.69) is 16.1 Å². The molecule has 240 valence electrons. The van der Waals surface area contributed by atoms with Crippen molar-refractivity contribution in [2.24, 2.45) is 0 Å². The zero-order valence-corrected chi connectivity index (χ0v) is 20.9. The van der Waals surface area contributed by atoms with Crippen LogP contribution < -0.4 is 5.32 Å². The maximum absolute atomic E-state index is 14.0. The first-order valence-electron chi connectivity index (χ1n) is 10.5. The molecule has 0 aliphatic heterocycles. The number of hydrogen-bond donors (Lipinski definition) is 2. The lowest BCUT2D eigenvalue weighted by Crippen LogP contribution is -2.60. The Kier molecular flexibility index (Phi) is 10.7. The minimum atomic E-state index is -6.67. The van der Waals surface area contributed by atoms with Crippen LogP contribution in [0.15, 0.2) is 36.4 Å². The van der Waals surface area contributed by atoms with Crippen LogP contribution in [0.1, 0.15) is 24.8 Å². The van der Waals surface area contributed by atoms with Gasteiger partial charge in [0, 0.05) is 12.1 Å². The number of hydrogen-bond acceptors (Lipinski definition) is 6. The fourth-order valence-electron chi connectivity index (χ4n) is 2.67. The van der Waals surface area contributed by atoms with E-state index in [9.17, 15) is 75.1 Å². The zero-order chi connectivity index (χ0) is 33.2. The molecule has 1 aromatic carbocycles. The van der Waals surface area contributed by atoms with E-state index >= 15 is 0 Å². The molecular formula is C20H16F13NO7S. The minimum Gasteiger partial charge on any atom is -0.412 e. The molecule has 1 amide bonds. The molecule has 0 bridgehead atoms. The highest BCUT2D eigenvalue weighted by Crippen LogP contribution is 2.42. The highest BCUT2D eigenvalue weighted by Gasteiger charge is 2.67. The highest BCUT2D eigenvalue weighted by molar-refractivity contribution is 7.87. The van der Waals surface area contributed by atoms with Crippen LogP contribution in [0.25, 0.3) is 0 Å². The molecule has 22 heteroatoms. The van der Waals surface area contributed by atoms with Crippen LogP contribution in [-0.4, -0.2) is 60.8 Å². The zero-order valence-electron chi connectivity index (χ0n) is 20.1. The number of esters is 1. The van der Waals surface area contributed by atoms with Crippen LogP contribution in [0.2, 0.25) is 0 Å². The fraction of sp³-hybridized carbons (Fsp3) is 0.500. The number of carbonyl (C=O) groups is 2. The van der Waals surface area contributed by atoms with Crippen LogP contribution in [-0.2, 0) is 35.4 Å². The van der Waals surface area contributed by atoms with Gasteiger partial charge >= 0.3 is 57.5 Å². The molecule has 0 aromatic heterocycles. The SMILES string of the molecule is C=C(C(=O)OC(OCCCCC(F)(F)C(F)(F)S(=O)(=O)O)(C(=O)Nc1ccc(C(F)(F)F)cc1)C(F)(F)F)C(F)(F)F. The van der Waals surface area contributed by atoms with Crippen molar-refractivity contribution in [2.75, 3.05) is 11.9 Å². The van der Waals surface area contributed by atoms with E-state index < -0.39 is 100 Å². The second-order valence-corrected chi connectivity index (χ2v) is 9.47. The summed E-state index contributed by atoms with van der Waals surface area (Å²) >= 11 is 0. The van der Waals surface area contributed by atoms with Gasteiger partial charge in [0.05, 0.1) is 12.2 Å². The third-order valence-corrected chi connectivity index (χ3v) is 5.85. The number of rotatable bonds is 12. The molecular weight excluding hydrogens is 645 g/mol. The maximum atomic E-state index is 14.0. The van der Waals surface area contributed by atoms with Gasteiger partial charge in [0.15, 0.2) is 0 Å². The van der Waals surface area contributed by atoms with Crippen molar-refractivity contribution in [2.45, 2.75) is 54.8 Å². The van der Waals surface area contributed by atoms with Gasteiger partial charge < -0.3 is 14.8 Å². The van der Waals surface area contributed by atoms with Crippen molar-refractivity contribution >= 4 is 27.7 Å². The van der Waals surface area contributed by atoms with Crippen molar-refractivity contribution in [3.8, 4) is 0 Å².